The Morgan fingerprint density at radius 2 is 1.94 bits per heavy atom. The molecule has 0 spiro atoms. The first-order chi connectivity index (χ1) is 15.6. The van der Waals surface area contributed by atoms with Crippen molar-refractivity contribution in [1.82, 2.24) is 20.0 Å². The second-order valence-electron chi connectivity index (χ2n) is 7.81. The predicted octanol–water partition coefficient (Wildman–Crippen LogP) is 3.52. The number of carbonyl (C=O) groups excluding carboxylic acids is 2. The molecule has 0 radical (unpaired) electrons. The lowest BCUT2D eigenvalue weighted by Gasteiger charge is -2.26. The van der Waals surface area contributed by atoms with Gasteiger partial charge in [0, 0.05) is 12.1 Å². The highest BCUT2D eigenvalue weighted by molar-refractivity contribution is 5.94. The van der Waals surface area contributed by atoms with Gasteiger partial charge in [0.15, 0.2) is 0 Å². The van der Waals surface area contributed by atoms with Gasteiger partial charge in [0.1, 0.15) is 11.3 Å². The minimum atomic E-state index is -0.392. The molecule has 3 aromatic rings. The van der Waals surface area contributed by atoms with E-state index in [1.54, 1.807) is 30.0 Å². The number of rotatable bonds is 8. The number of likely N-dealkylation sites (tertiary alicyclic amines) is 1. The number of hydrogen-bond acceptors (Lipinski definition) is 6. The highest BCUT2D eigenvalue weighted by Gasteiger charge is 2.26. The molecule has 1 aromatic carbocycles. The first-order valence-corrected chi connectivity index (χ1v) is 11.0. The lowest BCUT2D eigenvalue weighted by molar-refractivity contribution is 0.0525. The molecule has 1 atom stereocenters. The first kappa shape index (κ1) is 21.8. The lowest BCUT2D eigenvalue weighted by Crippen LogP contribution is -2.36. The van der Waals surface area contributed by atoms with E-state index in [1.165, 1.54) is 6.20 Å². The molecule has 0 bridgehead atoms. The molecule has 1 fully saturated rings. The standard InChI is InChI=1S/C24H28N4O4/c1-3-31-24(30)20-15-26-28(17(20)2)19-10-8-18(9-11-19)23(29)25-16-21(22-7-6-14-32-22)27-12-4-5-13-27/h6-11,14-15,21H,3-5,12-13,16H2,1-2H3,(H,25,29). The number of esters is 1. The number of aromatic nitrogens is 2. The Morgan fingerprint density at radius 1 is 1.19 bits per heavy atom. The van der Waals surface area contributed by atoms with E-state index in [1.807, 2.05) is 31.2 Å². The Balaban J connectivity index is 1.43. The van der Waals surface area contributed by atoms with Gasteiger partial charge in [0.2, 0.25) is 0 Å². The van der Waals surface area contributed by atoms with Crippen molar-refractivity contribution in [2.45, 2.75) is 32.7 Å². The molecule has 32 heavy (non-hydrogen) atoms. The van der Waals surface area contributed by atoms with Crippen LogP contribution >= 0.6 is 0 Å². The molecular formula is C24H28N4O4. The van der Waals surface area contributed by atoms with Gasteiger partial charge in [-0.3, -0.25) is 9.69 Å². The zero-order valence-corrected chi connectivity index (χ0v) is 18.4. The molecule has 1 aliphatic rings. The van der Waals surface area contributed by atoms with Crippen LogP contribution in [0.5, 0.6) is 0 Å². The second-order valence-corrected chi connectivity index (χ2v) is 7.81. The fourth-order valence-corrected chi connectivity index (χ4v) is 4.07. The molecular weight excluding hydrogens is 408 g/mol. The summed E-state index contributed by atoms with van der Waals surface area (Å²) in [6.45, 7) is 6.39. The zero-order valence-electron chi connectivity index (χ0n) is 18.4. The number of nitrogens with one attached hydrogen (secondary N) is 1. The fourth-order valence-electron chi connectivity index (χ4n) is 4.07. The third-order valence-corrected chi connectivity index (χ3v) is 5.79. The van der Waals surface area contributed by atoms with Crippen molar-refractivity contribution in [3.8, 4) is 5.69 Å². The summed E-state index contributed by atoms with van der Waals surface area (Å²) < 4.78 is 12.3. The van der Waals surface area contributed by atoms with Crippen molar-refractivity contribution >= 4 is 11.9 Å². The predicted molar refractivity (Wildman–Crippen MR) is 119 cm³/mol. The van der Waals surface area contributed by atoms with Crippen LogP contribution in [0, 0.1) is 6.92 Å². The molecule has 0 aliphatic carbocycles. The van der Waals surface area contributed by atoms with Gasteiger partial charge in [-0.1, -0.05) is 0 Å². The Hall–Kier alpha value is -3.39. The van der Waals surface area contributed by atoms with Gasteiger partial charge in [0.05, 0.1) is 36.5 Å². The summed E-state index contributed by atoms with van der Waals surface area (Å²) in [7, 11) is 0. The maximum Gasteiger partial charge on any atom is 0.341 e. The normalized spacial score (nSPS) is 14.9. The van der Waals surface area contributed by atoms with Crippen LogP contribution in [-0.4, -0.2) is 52.8 Å². The third kappa shape index (κ3) is 4.60. The Labute approximate surface area is 187 Å². The van der Waals surface area contributed by atoms with Gasteiger partial charge < -0.3 is 14.5 Å². The van der Waals surface area contributed by atoms with Crippen molar-refractivity contribution in [2.75, 3.05) is 26.2 Å². The molecule has 168 valence electrons. The van der Waals surface area contributed by atoms with Crippen LogP contribution in [0.4, 0.5) is 0 Å². The summed E-state index contributed by atoms with van der Waals surface area (Å²) in [5, 5.41) is 7.34. The summed E-state index contributed by atoms with van der Waals surface area (Å²) in [6, 6.07) is 11.0. The number of benzene rings is 1. The summed E-state index contributed by atoms with van der Waals surface area (Å²) in [5.41, 5.74) is 2.44. The quantitative estimate of drug-likeness (QED) is 0.544. The number of carbonyl (C=O) groups is 2. The van der Waals surface area contributed by atoms with Crippen LogP contribution in [0.15, 0.2) is 53.3 Å². The van der Waals surface area contributed by atoms with Crippen molar-refractivity contribution in [2.24, 2.45) is 0 Å². The van der Waals surface area contributed by atoms with E-state index in [9.17, 15) is 9.59 Å². The number of ether oxygens (including phenoxy) is 1. The summed E-state index contributed by atoms with van der Waals surface area (Å²) in [5.74, 6) is 0.335. The van der Waals surface area contributed by atoms with E-state index in [4.69, 9.17) is 9.15 Å². The molecule has 4 rings (SSSR count). The molecule has 2 aromatic heterocycles. The maximum absolute atomic E-state index is 12.8. The average molecular weight is 437 g/mol. The van der Waals surface area contributed by atoms with Crippen molar-refractivity contribution in [3.05, 3.63) is 71.4 Å². The van der Waals surface area contributed by atoms with Crippen LogP contribution in [-0.2, 0) is 4.74 Å². The van der Waals surface area contributed by atoms with Gasteiger partial charge in [-0.05, 0) is 76.2 Å². The van der Waals surface area contributed by atoms with Crippen LogP contribution in [0.2, 0.25) is 0 Å². The van der Waals surface area contributed by atoms with E-state index < -0.39 is 5.97 Å². The molecule has 8 nitrogen and oxygen atoms in total. The van der Waals surface area contributed by atoms with Gasteiger partial charge in [-0.2, -0.15) is 5.10 Å². The number of nitrogens with zero attached hydrogens (tertiary/aromatic N) is 3. The van der Waals surface area contributed by atoms with Crippen molar-refractivity contribution in [3.63, 3.8) is 0 Å². The summed E-state index contributed by atoms with van der Waals surface area (Å²) in [6.07, 6.45) is 5.50. The monoisotopic (exact) mass is 436 g/mol. The average Bonchev–Trinajstić information content (AvgIpc) is 3.57. The molecule has 1 unspecified atom stereocenters. The summed E-state index contributed by atoms with van der Waals surface area (Å²) in [4.78, 5) is 27.1. The van der Waals surface area contributed by atoms with Crippen molar-refractivity contribution < 1.29 is 18.7 Å². The van der Waals surface area contributed by atoms with Crippen LogP contribution in [0.1, 0.15) is 58.0 Å². The summed E-state index contributed by atoms with van der Waals surface area (Å²) >= 11 is 0. The largest absolute Gasteiger partial charge is 0.468 e. The molecule has 1 N–H and O–H groups in total. The fraction of sp³-hybridized carbons (Fsp3) is 0.375. The van der Waals surface area contributed by atoms with Gasteiger partial charge in [0.25, 0.3) is 5.91 Å². The van der Waals surface area contributed by atoms with E-state index >= 15 is 0 Å². The molecule has 1 amide bonds. The number of hydrogen-bond donors (Lipinski definition) is 1. The smallest absolute Gasteiger partial charge is 0.341 e. The van der Waals surface area contributed by atoms with Crippen molar-refractivity contribution in [1.29, 1.82) is 0 Å². The minimum Gasteiger partial charge on any atom is -0.468 e. The molecule has 8 heteroatoms. The van der Waals surface area contributed by atoms with E-state index in [0.29, 0.717) is 30.0 Å². The number of amides is 1. The van der Waals surface area contributed by atoms with Gasteiger partial charge in [-0.15, -0.1) is 0 Å². The first-order valence-electron chi connectivity index (χ1n) is 11.0. The third-order valence-electron chi connectivity index (χ3n) is 5.79. The van der Waals surface area contributed by atoms with E-state index in [0.717, 1.165) is 37.4 Å². The Bertz CT molecular complexity index is 1050. The van der Waals surface area contributed by atoms with Gasteiger partial charge in [-0.25, -0.2) is 9.48 Å². The Morgan fingerprint density at radius 3 is 2.59 bits per heavy atom. The molecule has 1 aliphatic heterocycles. The zero-order chi connectivity index (χ0) is 22.5. The maximum atomic E-state index is 12.8. The topological polar surface area (TPSA) is 89.6 Å². The lowest BCUT2D eigenvalue weighted by atomic mass is 10.1. The SMILES string of the molecule is CCOC(=O)c1cnn(-c2ccc(C(=O)NCC(c3ccco3)N3CCCC3)cc2)c1C. The van der Waals surface area contributed by atoms with Gasteiger partial charge >= 0.3 is 5.97 Å². The molecule has 0 saturated carbocycles. The van der Waals surface area contributed by atoms with E-state index in [2.05, 4.69) is 15.3 Å². The molecule has 3 heterocycles. The highest BCUT2D eigenvalue weighted by Crippen LogP contribution is 2.25. The molecule has 1 saturated heterocycles. The van der Waals surface area contributed by atoms with Crippen LogP contribution < -0.4 is 5.32 Å². The highest BCUT2D eigenvalue weighted by atomic mass is 16.5. The second kappa shape index (κ2) is 9.82. The minimum absolute atomic E-state index is 0.0312. The Kier molecular flexibility index (Phi) is 6.70. The van der Waals surface area contributed by atoms with Crippen LogP contribution in [0.3, 0.4) is 0 Å². The van der Waals surface area contributed by atoms with Crippen LogP contribution in [0.25, 0.3) is 5.69 Å². The number of furan rings is 1. The van der Waals surface area contributed by atoms with E-state index in [-0.39, 0.29) is 11.9 Å².